The molecule has 0 atom stereocenters. The topological polar surface area (TPSA) is 52.6 Å². The zero-order valence-electron chi connectivity index (χ0n) is 11.9. The number of carbonyl (C=O) groups is 2. The number of rotatable bonds is 0. The van der Waals surface area contributed by atoms with Crippen molar-refractivity contribution in [3.8, 4) is 11.8 Å². The van der Waals surface area contributed by atoms with Gasteiger partial charge in [0.25, 0.3) is 0 Å². The third kappa shape index (κ3) is 15.7. The van der Waals surface area contributed by atoms with Crippen molar-refractivity contribution >= 4 is 11.9 Å². The van der Waals surface area contributed by atoms with E-state index in [4.69, 9.17) is 0 Å². The van der Waals surface area contributed by atoms with Crippen LogP contribution in [-0.4, -0.2) is 26.2 Å². The van der Waals surface area contributed by atoms with Gasteiger partial charge in [-0.1, -0.05) is 0 Å². The molecule has 0 aliphatic carbocycles. The van der Waals surface area contributed by atoms with Crippen LogP contribution in [0.2, 0.25) is 0 Å². The summed E-state index contributed by atoms with van der Waals surface area (Å²) >= 11 is 0. The van der Waals surface area contributed by atoms with Crippen LogP contribution in [0.4, 0.5) is 0 Å². The summed E-state index contributed by atoms with van der Waals surface area (Å²) in [5.41, 5.74) is 0. The van der Waals surface area contributed by atoms with Gasteiger partial charge in [0.05, 0.1) is 14.2 Å². The molecule has 4 nitrogen and oxygen atoms in total. The Kier molecular flexibility index (Phi) is 15.9. The molecule has 0 amide bonds. The molecule has 0 saturated heterocycles. The van der Waals surface area contributed by atoms with E-state index >= 15 is 0 Å². The van der Waals surface area contributed by atoms with E-state index in [1.54, 1.807) is 0 Å². The molecule has 0 heterocycles. The van der Waals surface area contributed by atoms with Crippen molar-refractivity contribution in [3.63, 3.8) is 0 Å². The first-order valence-electron chi connectivity index (χ1n) is 5.72. The summed E-state index contributed by atoms with van der Waals surface area (Å²) in [5, 5.41) is 0. The van der Waals surface area contributed by atoms with Crippen molar-refractivity contribution in [2.24, 2.45) is 0 Å². The van der Waals surface area contributed by atoms with E-state index in [1.807, 2.05) is 72.5 Å². The Bertz CT molecular complexity index is 424. The smallest absolute Gasteiger partial charge is 0.384 e. The monoisotopic (exact) mass is 323 g/mol. The van der Waals surface area contributed by atoms with Gasteiger partial charge < -0.3 is 39.8 Å². The van der Waals surface area contributed by atoms with Crippen molar-refractivity contribution in [2.45, 2.75) is 0 Å². The summed E-state index contributed by atoms with van der Waals surface area (Å²) in [7, 11) is 2.35. The second-order valence-corrected chi connectivity index (χ2v) is 3.16. The Balaban J connectivity index is 0. The number of hydrogen-bond acceptors (Lipinski definition) is 4. The fourth-order valence-corrected chi connectivity index (χ4v) is 0.846. The van der Waals surface area contributed by atoms with Gasteiger partial charge in [0.2, 0.25) is 0 Å². The number of hydrogen-bond donors (Lipinski definition) is 0. The molecule has 2 aromatic rings. The van der Waals surface area contributed by atoms with Crippen molar-refractivity contribution in [3.05, 3.63) is 60.7 Å². The standard InChI is InChI=1S/C6H6O4.2C5H5.V/c1-9-5(7)3-4-6(8)10-2;2*1-2-4-5-3-1;/h1-2H3;2*1-5H;/q;-5;-1;. The van der Waals surface area contributed by atoms with Crippen LogP contribution in [0.1, 0.15) is 0 Å². The molecule has 0 saturated carbocycles. The molecule has 0 fully saturated rings. The zero-order valence-corrected chi connectivity index (χ0v) is 13.3. The normalized spacial score (nSPS) is 7.14. The SMILES string of the molecule is COC(=O)C#CC(=O)OC.[V].[cH-]1[cH-][cH-][cH-][cH-]1.c1cc[cH-]c1. The maximum Gasteiger partial charge on any atom is 0.384 e. The molecule has 0 unspecified atom stereocenters. The van der Waals surface area contributed by atoms with Crippen molar-refractivity contribution in [1.29, 1.82) is 0 Å². The number of esters is 2. The summed E-state index contributed by atoms with van der Waals surface area (Å²) in [4.78, 5) is 20.5. The van der Waals surface area contributed by atoms with Crippen molar-refractivity contribution in [2.75, 3.05) is 14.2 Å². The van der Waals surface area contributed by atoms with Gasteiger partial charge >= 0.3 is 11.9 Å². The Morgan fingerprint density at radius 3 is 1.33 bits per heavy atom. The minimum absolute atomic E-state index is 0. The van der Waals surface area contributed by atoms with E-state index < -0.39 is 11.9 Å². The maximum absolute atomic E-state index is 10.2. The molecule has 0 aromatic heterocycles. The van der Waals surface area contributed by atoms with Crippen LogP contribution in [0.25, 0.3) is 0 Å². The summed E-state index contributed by atoms with van der Waals surface area (Å²) in [5.74, 6) is 2.28. The van der Waals surface area contributed by atoms with Crippen LogP contribution in [0.15, 0.2) is 60.7 Å². The number of methoxy groups -OCH3 is 2. The predicted octanol–water partition coefficient (Wildman–Crippen LogP) is 2.14. The van der Waals surface area contributed by atoms with Gasteiger partial charge in [-0.25, -0.2) is 21.7 Å². The molecular formula is C16H16O4V-6. The maximum atomic E-state index is 10.2. The number of carbonyl (C=O) groups excluding carboxylic acids is 2. The molecule has 0 N–H and O–H groups in total. The fourth-order valence-electron chi connectivity index (χ4n) is 0.846. The van der Waals surface area contributed by atoms with Crippen molar-refractivity contribution < 1.29 is 37.6 Å². The van der Waals surface area contributed by atoms with Gasteiger partial charge in [-0.15, -0.1) is 0 Å². The molecule has 2 rings (SSSR count). The average molecular weight is 323 g/mol. The van der Waals surface area contributed by atoms with E-state index in [1.165, 1.54) is 14.2 Å². The third-order valence-corrected chi connectivity index (χ3v) is 1.75. The van der Waals surface area contributed by atoms with Crippen LogP contribution in [-0.2, 0) is 37.6 Å². The Labute approximate surface area is 136 Å². The molecule has 115 valence electrons. The molecule has 0 aliphatic rings. The molecule has 1 radical (unpaired) electrons. The van der Waals surface area contributed by atoms with Gasteiger partial charge in [-0.05, 0) is 0 Å². The first-order chi connectivity index (χ1) is 9.70. The second-order valence-electron chi connectivity index (χ2n) is 3.16. The van der Waals surface area contributed by atoms with Gasteiger partial charge in [0, 0.05) is 30.4 Å². The van der Waals surface area contributed by atoms with Gasteiger partial charge in [-0.2, -0.15) is 18.2 Å². The fraction of sp³-hybridized carbons (Fsp3) is 0.125. The average Bonchev–Trinajstić information content (AvgIpc) is 3.21. The summed E-state index contributed by atoms with van der Waals surface area (Å²) in [6.07, 6.45) is 0. The molecule has 21 heavy (non-hydrogen) atoms. The summed E-state index contributed by atoms with van der Waals surface area (Å²) < 4.78 is 8.25. The van der Waals surface area contributed by atoms with E-state index in [0.29, 0.717) is 0 Å². The minimum atomic E-state index is -0.759. The zero-order chi connectivity index (χ0) is 15.1. The molecular weight excluding hydrogens is 307 g/mol. The van der Waals surface area contributed by atoms with Gasteiger partial charge in [0.15, 0.2) is 0 Å². The minimum Gasteiger partial charge on any atom is -0.748 e. The molecule has 5 heteroatoms. The van der Waals surface area contributed by atoms with Crippen molar-refractivity contribution in [1.82, 2.24) is 0 Å². The third-order valence-electron chi connectivity index (χ3n) is 1.75. The predicted molar refractivity (Wildman–Crippen MR) is 75.9 cm³/mol. The second kappa shape index (κ2) is 15.8. The Hall–Kier alpha value is -2.22. The van der Waals surface area contributed by atoms with Gasteiger partial charge in [-0.3, -0.25) is 0 Å². The quantitative estimate of drug-likeness (QED) is 0.323. The van der Waals surface area contributed by atoms with Crippen LogP contribution in [0, 0.1) is 11.8 Å². The molecule has 0 bridgehead atoms. The van der Waals surface area contributed by atoms with E-state index in [0.717, 1.165) is 0 Å². The first-order valence-corrected chi connectivity index (χ1v) is 5.72. The van der Waals surface area contributed by atoms with E-state index in [9.17, 15) is 9.59 Å². The van der Waals surface area contributed by atoms with Crippen LogP contribution in [0.3, 0.4) is 0 Å². The van der Waals surface area contributed by atoms with Crippen LogP contribution < -0.4 is 0 Å². The molecule has 0 spiro atoms. The summed E-state index contributed by atoms with van der Waals surface area (Å²) in [6.45, 7) is 0. The first kappa shape index (κ1) is 21.1. The summed E-state index contributed by atoms with van der Waals surface area (Å²) in [6, 6.07) is 20.0. The Morgan fingerprint density at radius 2 is 1.14 bits per heavy atom. The van der Waals surface area contributed by atoms with Gasteiger partial charge in [0.1, 0.15) is 0 Å². The molecule has 0 aliphatic heterocycles. The van der Waals surface area contributed by atoms with E-state index in [-0.39, 0.29) is 18.6 Å². The van der Waals surface area contributed by atoms with Crippen LogP contribution >= 0.6 is 0 Å². The largest absolute Gasteiger partial charge is 0.748 e. The van der Waals surface area contributed by atoms with Crippen LogP contribution in [0.5, 0.6) is 0 Å². The number of ether oxygens (including phenoxy) is 2. The molecule has 2 aromatic carbocycles. The Morgan fingerprint density at radius 1 is 0.810 bits per heavy atom. The van der Waals surface area contributed by atoms with E-state index in [2.05, 4.69) is 9.47 Å².